The normalized spacial score (nSPS) is 16.7. The smallest absolute Gasteiger partial charge is 0.191 e. The number of likely N-dealkylation sites (tertiary alicyclic amines) is 1. The summed E-state index contributed by atoms with van der Waals surface area (Å²) in [7, 11) is 1.77. The fraction of sp³-hybridized carbons (Fsp3) is 0.588. The minimum atomic E-state index is -0.206. The highest BCUT2D eigenvalue weighted by atomic mass is 127. The van der Waals surface area contributed by atoms with Gasteiger partial charge in [-0.2, -0.15) is 0 Å². The third kappa shape index (κ3) is 6.63. The largest absolute Gasteiger partial charge is 0.355 e. The number of guanidine groups is 1. The number of rotatable bonds is 6. The van der Waals surface area contributed by atoms with Crippen LogP contribution in [-0.2, 0) is 6.54 Å². The van der Waals surface area contributed by atoms with Crippen LogP contribution in [0.4, 0.5) is 4.39 Å². The van der Waals surface area contributed by atoms with E-state index in [1.807, 2.05) is 0 Å². The van der Waals surface area contributed by atoms with Gasteiger partial charge in [0.25, 0.3) is 0 Å². The summed E-state index contributed by atoms with van der Waals surface area (Å²) < 4.78 is 12.9. The van der Waals surface area contributed by atoms with Gasteiger partial charge in [0.15, 0.2) is 5.96 Å². The second-order valence-corrected chi connectivity index (χ2v) is 5.74. The Hall–Kier alpha value is -0.890. The van der Waals surface area contributed by atoms with Crippen molar-refractivity contribution in [3.8, 4) is 0 Å². The summed E-state index contributed by atoms with van der Waals surface area (Å²) in [6.45, 7) is 6.20. The highest BCUT2D eigenvalue weighted by molar-refractivity contribution is 14.0. The second kappa shape index (κ2) is 10.8. The van der Waals surface area contributed by atoms with Gasteiger partial charge in [0.1, 0.15) is 5.82 Å². The average Bonchev–Trinajstić information content (AvgIpc) is 3.07. The third-order valence-corrected chi connectivity index (χ3v) is 4.23. The van der Waals surface area contributed by atoms with Crippen molar-refractivity contribution < 1.29 is 4.39 Å². The number of nitrogens with zero attached hydrogens (tertiary/aromatic N) is 2. The minimum Gasteiger partial charge on any atom is -0.355 e. The molecule has 1 aromatic carbocycles. The van der Waals surface area contributed by atoms with Crippen molar-refractivity contribution in [2.45, 2.75) is 38.8 Å². The summed E-state index contributed by atoms with van der Waals surface area (Å²) >= 11 is 0. The molecule has 1 saturated heterocycles. The SMILES string of the molecule is CCC(CNC(=NC)NCc1ccc(F)cc1)N1CCCC1.I. The van der Waals surface area contributed by atoms with E-state index < -0.39 is 0 Å². The van der Waals surface area contributed by atoms with Gasteiger partial charge in [-0.05, 0) is 50.0 Å². The predicted octanol–water partition coefficient (Wildman–Crippen LogP) is 2.98. The number of nitrogens with one attached hydrogen (secondary N) is 2. The van der Waals surface area contributed by atoms with Crippen LogP contribution in [-0.4, -0.2) is 43.6 Å². The van der Waals surface area contributed by atoms with Gasteiger partial charge in [0.05, 0.1) is 0 Å². The standard InChI is InChI=1S/C17H27FN4.HI/c1-3-16(22-10-4-5-11-22)13-21-17(19-2)20-12-14-6-8-15(18)9-7-14;/h6-9,16H,3-5,10-13H2,1-2H3,(H2,19,20,21);1H. The number of hydrogen-bond donors (Lipinski definition) is 2. The number of aliphatic imine (C=N–C) groups is 1. The first-order chi connectivity index (χ1) is 10.7. The van der Waals surface area contributed by atoms with Crippen LogP contribution in [0.2, 0.25) is 0 Å². The van der Waals surface area contributed by atoms with Gasteiger partial charge in [0, 0.05) is 26.2 Å². The van der Waals surface area contributed by atoms with Gasteiger partial charge in [-0.25, -0.2) is 4.39 Å². The molecule has 0 aromatic heterocycles. The van der Waals surface area contributed by atoms with E-state index in [2.05, 4.69) is 27.4 Å². The molecule has 0 radical (unpaired) electrons. The molecule has 0 amide bonds. The van der Waals surface area contributed by atoms with E-state index >= 15 is 0 Å². The van der Waals surface area contributed by atoms with Crippen molar-refractivity contribution >= 4 is 29.9 Å². The molecule has 1 fully saturated rings. The molecule has 0 spiro atoms. The second-order valence-electron chi connectivity index (χ2n) is 5.74. The quantitative estimate of drug-likeness (QED) is 0.411. The first-order valence-electron chi connectivity index (χ1n) is 8.16. The van der Waals surface area contributed by atoms with Crippen molar-refractivity contribution in [2.24, 2.45) is 4.99 Å². The van der Waals surface area contributed by atoms with Crippen molar-refractivity contribution in [3.05, 3.63) is 35.6 Å². The zero-order valence-corrected chi connectivity index (χ0v) is 16.3. The van der Waals surface area contributed by atoms with Crippen molar-refractivity contribution in [1.29, 1.82) is 0 Å². The Labute approximate surface area is 156 Å². The van der Waals surface area contributed by atoms with Gasteiger partial charge < -0.3 is 10.6 Å². The Kier molecular flexibility index (Phi) is 9.47. The highest BCUT2D eigenvalue weighted by Crippen LogP contribution is 2.13. The van der Waals surface area contributed by atoms with Crippen LogP contribution in [0, 0.1) is 5.82 Å². The van der Waals surface area contributed by atoms with Crippen molar-refractivity contribution in [1.82, 2.24) is 15.5 Å². The van der Waals surface area contributed by atoms with Gasteiger partial charge >= 0.3 is 0 Å². The fourth-order valence-electron chi connectivity index (χ4n) is 2.86. The van der Waals surface area contributed by atoms with Crippen molar-refractivity contribution in [2.75, 3.05) is 26.7 Å². The van der Waals surface area contributed by atoms with Crippen LogP contribution in [0.5, 0.6) is 0 Å². The summed E-state index contributed by atoms with van der Waals surface area (Å²) in [5.74, 6) is 0.588. The molecule has 2 rings (SSSR count). The molecule has 1 unspecified atom stereocenters. The van der Waals surface area contributed by atoms with Gasteiger partial charge in [-0.1, -0.05) is 19.1 Å². The van der Waals surface area contributed by atoms with Crippen molar-refractivity contribution in [3.63, 3.8) is 0 Å². The summed E-state index contributed by atoms with van der Waals surface area (Å²) in [5.41, 5.74) is 1.04. The van der Waals surface area contributed by atoms with Gasteiger partial charge in [0.2, 0.25) is 0 Å². The summed E-state index contributed by atoms with van der Waals surface area (Å²) in [4.78, 5) is 6.81. The van der Waals surface area contributed by atoms with E-state index in [9.17, 15) is 4.39 Å². The van der Waals surface area contributed by atoms with Crippen LogP contribution in [0.25, 0.3) is 0 Å². The number of halogens is 2. The molecule has 1 heterocycles. The Morgan fingerprint density at radius 1 is 1.22 bits per heavy atom. The van der Waals surface area contributed by atoms with Crippen LogP contribution in [0.15, 0.2) is 29.3 Å². The monoisotopic (exact) mass is 434 g/mol. The zero-order chi connectivity index (χ0) is 15.8. The van der Waals surface area contributed by atoms with Gasteiger partial charge in [-0.3, -0.25) is 9.89 Å². The summed E-state index contributed by atoms with van der Waals surface area (Å²) in [6, 6.07) is 7.09. The lowest BCUT2D eigenvalue weighted by Crippen LogP contribution is -2.46. The lowest BCUT2D eigenvalue weighted by molar-refractivity contribution is 0.236. The maximum atomic E-state index is 12.9. The number of hydrogen-bond acceptors (Lipinski definition) is 2. The lowest BCUT2D eigenvalue weighted by atomic mass is 10.2. The maximum absolute atomic E-state index is 12.9. The molecule has 130 valence electrons. The molecule has 2 N–H and O–H groups in total. The van der Waals surface area contributed by atoms with E-state index in [-0.39, 0.29) is 29.8 Å². The molecular weight excluding hydrogens is 406 g/mol. The fourth-order valence-corrected chi connectivity index (χ4v) is 2.86. The molecular formula is C17H28FIN4. The molecule has 0 bridgehead atoms. The van der Waals surface area contributed by atoms with Crippen LogP contribution >= 0.6 is 24.0 Å². The maximum Gasteiger partial charge on any atom is 0.191 e. The van der Waals surface area contributed by atoms with E-state index in [1.54, 1.807) is 19.2 Å². The summed E-state index contributed by atoms with van der Waals surface area (Å²) in [6.07, 6.45) is 3.77. The molecule has 1 aliphatic rings. The number of benzene rings is 1. The molecule has 1 aliphatic heterocycles. The van der Waals surface area contributed by atoms with Crippen LogP contribution in [0.3, 0.4) is 0 Å². The topological polar surface area (TPSA) is 39.7 Å². The van der Waals surface area contributed by atoms with Crippen LogP contribution < -0.4 is 10.6 Å². The predicted molar refractivity (Wildman–Crippen MR) is 105 cm³/mol. The Morgan fingerprint density at radius 3 is 2.43 bits per heavy atom. The Morgan fingerprint density at radius 2 is 1.87 bits per heavy atom. The zero-order valence-electron chi connectivity index (χ0n) is 14.0. The van der Waals surface area contributed by atoms with E-state index in [1.165, 1.54) is 38.1 Å². The molecule has 6 heteroatoms. The Bertz CT molecular complexity index is 472. The molecule has 0 saturated carbocycles. The molecule has 0 aliphatic carbocycles. The average molecular weight is 434 g/mol. The first kappa shape index (κ1) is 20.2. The first-order valence-corrected chi connectivity index (χ1v) is 8.16. The molecule has 1 atom stereocenters. The van der Waals surface area contributed by atoms with E-state index in [4.69, 9.17) is 0 Å². The van der Waals surface area contributed by atoms with E-state index in [0.29, 0.717) is 12.6 Å². The van der Waals surface area contributed by atoms with E-state index in [0.717, 1.165) is 24.5 Å². The third-order valence-electron chi connectivity index (χ3n) is 4.23. The summed E-state index contributed by atoms with van der Waals surface area (Å²) in [5, 5.41) is 6.68. The van der Waals surface area contributed by atoms with Crippen LogP contribution in [0.1, 0.15) is 31.7 Å². The molecule has 4 nitrogen and oxygen atoms in total. The lowest BCUT2D eigenvalue weighted by Gasteiger charge is -2.27. The molecule has 23 heavy (non-hydrogen) atoms. The highest BCUT2D eigenvalue weighted by Gasteiger charge is 2.20. The van der Waals surface area contributed by atoms with Gasteiger partial charge in [-0.15, -0.1) is 24.0 Å². The minimum absolute atomic E-state index is 0. The molecule has 1 aromatic rings. The Balaban J connectivity index is 0.00000264.